The first-order chi connectivity index (χ1) is 9.75. The molecule has 1 atom stereocenters. The van der Waals surface area contributed by atoms with Gasteiger partial charge in [-0.1, -0.05) is 23.7 Å². The van der Waals surface area contributed by atoms with Gasteiger partial charge in [0, 0.05) is 12.1 Å². The van der Waals surface area contributed by atoms with Crippen molar-refractivity contribution < 1.29 is 17.6 Å². The molecule has 0 bridgehead atoms. The summed E-state index contributed by atoms with van der Waals surface area (Å²) in [5.74, 6) is -1.77. The zero-order valence-corrected chi connectivity index (χ0v) is 11.5. The maximum Gasteiger partial charge on any atom is 0.451 e. The van der Waals surface area contributed by atoms with Gasteiger partial charge < -0.3 is 5.32 Å². The lowest BCUT2D eigenvalue weighted by molar-refractivity contribution is -0.144. The van der Waals surface area contributed by atoms with E-state index in [-0.39, 0.29) is 17.0 Å². The summed E-state index contributed by atoms with van der Waals surface area (Å²) in [7, 11) is 0. The minimum Gasteiger partial charge on any atom is -0.363 e. The minimum absolute atomic E-state index is 0.0563. The van der Waals surface area contributed by atoms with Crippen molar-refractivity contribution in [1.82, 2.24) is 9.97 Å². The van der Waals surface area contributed by atoms with Crippen LogP contribution in [0.1, 0.15) is 24.4 Å². The van der Waals surface area contributed by atoms with E-state index < -0.39 is 17.8 Å². The molecule has 0 saturated carbocycles. The summed E-state index contributed by atoms with van der Waals surface area (Å²) < 4.78 is 50.6. The normalized spacial score (nSPS) is 13.0. The number of benzene rings is 1. The summed E-state index contributed by atoms with van der Waals surface area (Å²) >= 11 is 5.57. The van der Waals surface area contributed by atoms with Gasteiger partial charge in [0.25, 0.3) is 0 Å². The van der Waals surface area contributed by atoms with Crippen LogP contribution in [0.3, 0.4) is 0 Å². The van der Waals surface area contributed by atoms with E-state index in [0.29, 0.717) is 5.56 Å². The first-order valence-corrected chi connectivity index (χ1v) is 6.27. The Labute approximate surface area is 123 Å². The Morgan fingerprint density at radius 3 is 2.33 bits per heavy atom. The van der Waals surface area contributed by atoms with Gasteiger partial charge in [-0.05, 0) is 24.6 Å². The number of hydrogen-bond acceptors (Lipinski definition) is 3. The van der Waals surface area contributed by atoms with Gasteiger partial charge in [0.2, 0.25) is 5.82 Å². The third-order valence-corrected chi connectivity index (χ3v) is 2.88. The van der Waals surface area contributed by atoms with E-state index in [1.54, 1.807) is 6.92 Å². The molecule has 2 rings (SSSR count). The molecule has 0 saturated heterocycles. The molecule has 1 aromatic heterocycles. The van der Waals surface area contributed by atoms with Crippen molar-refractivity contribution in [1.29, 1.82) is 0 Å². The molecule has 1 N–H and O–H groups in total. The highest BCUT2D eigenvalue weighted by Crippen LogP contribution is 2.29. The SMILES string of the molecule is CC(Nc1cc(Cl)nc(C(F)(F)F)n1)c1ccc(F)cc1. The Morgan fingerprint density at radius 1 is 1.14 bits per heavy atom. The fourth-order valence-electron chi connectivity index (χ4n) is 1.67. The third kappa shape index (κ3) is 4.04. The topological polar surface area (TPSA) is 37.8 Å². The first kappa shape index (κ1) is 15.5. The Balaban J connectivity index is 2.23. The molecule has 1 heterocycles. The molecule has 1 aromatic carbocycles. The number of anilines is 1. The highest BCUT2D eigenvalue weighted by Gasteiger charge is 2.35. The van der Waals surface area contributed by atoms with Crippen molar-refractivity contribution in [2.45, 2.75) is 19.1 Å². The molecule has 0 aliphatic heterocycles. The van der Waals surface area contributed by atoms with E-state index in [4.69, 9.17) is 11.6 Å². The summed E-state index contributed by atoms with van der Waals surface area (Å²) in [6.07, 6.45) is -4.68. The quantitative estimate of drug-likeness (QED) is 0.670. The van der Waals surface area contributed by atoms with E-state index in [1.807, 2.05) is 0 Å². The van der Waals surface area contributed by atoms with Gasteiger partial charge in [-0.3, -0.25) is 0 Å². The number of alkyl halides is 3. The van der Waals surface area contributed by atoms with Gasteiger partial charge in [-0.2, -0.15) is 13.2 Å². The van der Waals surface area contributed by atoms with Crippen LogP contribution in [0.25, 0.3) is 0 Å². The zero-order chi connectivity index (χ0) is 15.6. The monoisotopic (exact) mass is 319 g/mol. The first-order valence-electron chi connectivity index (χ1n) is 5.89. The molecular weight excluding hydrogens is 310 g/mol. The highest BCUT2D eigenvalue weighted by molar-refractivity contribution is 6.29. The molecule has 1 unspecified atom stereocenters. The molecule has 0 fully saturated rings. The maximum atomic E-state index is 12.8. The van der Waals surface area contributed by atoms with Crippen LogP contribution in [-0.4, -0.2) is 9.97 Å². The van der Waals surface area contributed by atoms with Gasteiger partial charge in [-0.15, -0.1) is 0 Å². The number of nitrogens with one attached hydrogen (secondary N) is 1. The van der Waals surface area contributed by atoms with Gasteiger partial charge in [0.1, 0.15) is 16.8 Å². The number of aromatic nitrogens is 2. The third-order valence-electron chi connectivity index (χ3n) is 2.68. The van der Waals surface area contributed by atoms with E-state index in [2.05, 4.69) is 15.3 Å². The molecule has 0 aliphatic carbocycles. The molecule has 2 aromatic rings. The molecule has 3 nitrogen and oxygen atoms in total. The van der Waals surface area contributed by atoms with E-state index >= 15 is 0 Å². The number of hydrogen-bond donors (Lipinski definition) is 1. The average Bonchev–Trinajstić information content (AvgIpc) is 2.37. The smallest absolute Gasteiger partial charge is 0.363 e. The van der Waals surface area contributed by atoms with E-state index in [1.165, 1.54) is 30.3 Å². The van der Waals surface area contributed by atoms with Crippen molar-refractivity contribution in [3.05, 3.63) is 52.7 Å². The fourth-order valence-corrected chi connectivity index (χ4v) is 1.86. The van der Waals surface area contributed by atoms with Gasteiger partial charge in [-0.25, -0.2) is 14.4 Å². The summed E-state index contributed by atoms with van der Waals surface area (Å²) in [5.41, 5.74) is 0.694. The molecule has 0 aliphatic rings. The maximum absolute atomic E-state index is 12.8. The molecule has 0 amide bonds. The molecule has 21 heavy (non-hydrogen) atoms. The largest absolute Gasteiger partial charge is 0.451 e. The van der Waals surface area contributed by atoms with Crippen LogP contribution < -0.4 is 5.32 Å². The summed E-state index contributed by atoms with van der Waals surface area (Å²) in [6.45, 7) is 1.70. The Bertz CT molecular complexity index is 628. The minimum atomic E-state index is -4.68. The van der Waals surface area contributed by atoms with Crippen molar-refractivity contribution in [3.8, 4) is 0 Å². The summed E-state index contributed by atoms with van der Waals surface area (Å²) in [5, 5.41) is 2.46. The lowest BCUT2D eigenvalue weighted by atomic mass is 10.1. The van der Waals surface area contributed by atoms with Crippen LogP contribution in [0.2, 0.25) is 5.15 Å². The Hall–Kier alpha value is -1.89. The average molecular weight is 320 g/mol. The van der Waals surface area contributed by atoms with Crippen molar-refractivity contribution >= 4 is 17.4 Å². The second-order valence-electron chi connectivity index (χ2n) is 4.31. The van der Waals surface area contributed by atoms with Crippen molar-refractivity contribution in [2.24, 2.45) is 0 Å². The van der Waals surface area contributed by atoms with E-state index in [9.17, 15) is 17.6 Å². The molecule has 0 radical (unpaired) electrons. The lowest BCUT2D eigenvalue weighted by Crippen LogP contribution is -2.14. The molecule has 112 valence electrons. The second-order valence-corrected chi connectivity index (χ2v) is 4.70. The Kier molecular flexibility index (Phi) is 4.32. The second kappa shape index (κ2) is 5.85. The van der Waals surface area contributed by atoms with Crippen LogP contribution >= 0.6 is 11.6 Å². The van der Waals surface area contributed by atoms with E-state index in [0.717, 1.165) is 0 Å². The predicted molar refractivity (Wildman–Crippen MR) is 70.5 cm³/mol. The number of halogens is 5. The summed E-state index contributed by atoms with van der Waals surface area (Å²) in [4.78, 5) is 6.52. The number of rotatable bonds is 3. The van der Waals surface area contributed by atoms with Crippen LogP contribution in [0.15, 0.2) is 30.3 Å². The van der Waals surface area contributed by atoms with Crippen LogP contribution in [-0.2, 0) is 6.18 Å². The van der Waals surface area contributed by atoms with Crippen LogP contribution in [0, 0.1) is 5.82 Å². The van der Waals surface area contributed by atoms with Crippen LogP contribution in [0.4, 0.5) is 23.4 Å². The lowest BCUT2D eigenvalue weighted by Gasteiger charge is -2.16. The van der Waals surface area contributed by atoms with Crippen molar-refractivity contribution in [2.75, 3.05) is 5.32 Å². The molecular formula is C13H10ClF4N3. The highest BCUT2D eigenvalue weighted by atomic mass is 35.5. The van der Waals surface area contributed by atoms with Crippen LogP contribution in [0.5, 0.6) is 0 Å². The number of nitrogens with zero attached hydrogens (tertiary/aromatic N) is 2. The predicted octanol–water partition coefficient (Wildman–Crippen LogP) is 4.46. The van der Waals surface area contributed by atoms with Gasteiger partial charge in [0.15, 0.2) is 0 Å². The van der Waals surface area contributed by atoms with Crippen molar-refractivity contribution in [3.63, 3.8) is 0 Å². The van der Waals surface area contributed by atoms with Gasteiger partial charge in [0.05, 0.1) is 0 Å². The zero-order valence-electron chi connectivity index (χ0n) is 10.7. The summed E-state index contributed by atoms with van der Waals surface area (Å²) in [6, 6.07) is 6.40. The molecule has 8 heteroatoms. The molecule has 0 spiro atoms. The standard InChI is InChI=1S/C13H10ClF4N3/c1-7(8-2-4-9(15)5-3-8)19-11-6-10(14)20-12(21-11)13(16,17)18/h2-7H,1H3,(H,19,20,21). The van der Waals surface area contributed by atoms with Gasteiger partial charge >= 0.3 is 6.18 Å². The fraction of sp³-hybridized carbons (Fsp3) is 0.231. The Morgan fingerprint density at radius 2 is 1.76 bits per heavy atom.